The Kier molecular flexibility index (Phi) is 6.66. The normalized spacial score (nSPS) is 10.4. The van der Waals surface area contributed by atoms with Gasteiger partial charge in [0.15, 0.2) is 0 Å². The summed E-state index contributed by atoms with van der Waals surface area (Å²) in [4.78, 5) is 21.9. The highest BCUT2D eigenvalue weighted by atomic mass is 35.5. The Morgan fingerprint density at radius 2 is 1.43 bits per heavy atom. The molecule has 0 aromatic heterocycles. The van der Waals surface area contributed by atoms with E-state index in [1.807, 2.05) is 13.8 Å². The van der Waals surface area contributed by atoms with E-state index in [1.54, 1.807) is 0 Å². The van der Waals surface area contributed by atoms with Crippen LogP contribution in [-0.4, -0.2) is 29.7 Å². The summed E-state index contributed by atoms with van der Waals surface area (Å²) < 4.78 is 0. The average Bonchev–Trinajstić information content (AvgIpc) is 2.16. The van der Waals surface area contributed by atoms with Crippen LogP contribution in [0, 0.1) is 5.92 Å². The molecular weight excluding hydrogens is 227 g/mol. The van der Waals surface area contributed by atoms with E-state index in [0.29, 0.717) is 0 Å². The molecule has 2 amide bonds. The first-order valence-corrected chi connectivity index (χ1v) is 5.28. The van der Waals surface area contributed by atoms with Crippen LogP contribution in [0.5, 0.6) is 0 Å². The van der Waals surface area contributed by atoms with Gasteiger partial charge in [-0.25, -0.2) is 0 Å². The molecule has 0 fully saturated rings. The van der Waals surface area contributed by atoms with Crippen molar-refractivity contribution in [2.24, 2.45) is 5.92 Å². The second-order valence-corrected chi connectivity index (χ2v) is 3.66. The maximum atomic E-state index is 11.0. The van der Waals surface area contributed by atoms with E-state index in [9.17, 15) is 9.59 Å². The fourth-order valence-electron chi connectivity index (χ4n) is 0.793. The van der Waals surface area contributed by atoms with E-state index in [4.69, 9.17) is 23.2 Å². The zero-order valence-corrected chi connectivity index (χ0v) is 9.65. The van der Waals surface area contributed by atoms with Gasteiger partial charge in [-0.05, 0) is 5.92 Å². The van der Waals surface area contributed by atoms with Gasteiger partial charge in [-0.2, -0.15) is 0 Å². The van der Waals surface area contributed by atoms with Gasteiger partial charge in [0, 0.05) is 0 Å². The molecule has 0 atom stereocenters. The van der Waals surface area contributed by atoms with Crippen LogP contribution in [0.2, 0.25) is 0 Å². The van der Waals surface area contributed by atoms with Crippen molar-refractivity contribution in [2.75, 3.05) is 11.8 Å². The molecule has 2 N–H and O–H groups in total. The molecule has 0 aliphatic carbocycles. The van der Waals surface area contributed by atoms with E-state index in [-0.39, 0.29) is 29.5 Å². The van der Waals surface area contributed by atoms with Gasteiger partial charge in [-0.1, -0.05) is 13.8 Å². The van der Waals surface area contributed by atoms with E-state index in [0.717, 1.165) is 0 Å². The van der Waals surface area contributed by atoms with Crippen molar-refractivity contribution in [1.29, 1.82) is 0 Å². The fourth-order valence-corrected chi connectivity index (χ4v) is 0.948. The van der Waals surface area contributed by atoms with Crippen LogP contribution in [0.15, 0.2) is 0 Å². The van der Waals surface area contributed by atoms with Gasteiger partial charge in [0.25, 0.3) is 0 Å². The molecule has 14 heavy (non-hydrogen) atoms. The lowest BCUT2D eigenvalue weighted by Crippen LogP contribution is -2.51. The van der Waals surface area contributed by atoms with Crippen molar-refractivity contribution < 1.29 is 9.59 Å². The Bertz CT molecular complexity index is 192. The zero-order chi connectivity index (χ0) is 11.1. The highest BCUT2D eigenvalue weighted by molar-refractivity contribution is 6.27. The van der Waals surface area contributed by atoms with Gasteiger partial charge >= 0.3 is 0 Å². The smallest absolute Gasteiger partial charge is 0.236 e. The molecule has 0 saturated carbocycles. The molecule has 0 aliphatic heterocycles. The van der Waals surface area contributed by atoms with Crippen molar-refractivity contribution in [3.8, 4) is 0 Å². The summed E-state index contributed by atoms with van der Waals surface area (Å²) in [6.45, 7) is 3.74. The van der Waals surface area contributed by atoms with Gasteiger partial charge in [-0.15, -0.1) is 23.2 Å². The number of alkyl halides is 2. The van der Waals surface area contributed by atoms with E-state index >= 15 is 0 Å². The molecular formula is C8H14Cl2N2O2. The minimum absolute atomic E-state index is 0.0781. The first-order chi connectivity index (χ1) is 6.51. The lowest BCUT2D eigenvalue weighted by Gasteiger charge is -2.22. The maximum absolute atomic E-state index is 11.0. The van der Waals surface area contributed by atoms with Crippen molar-refractivity contribution >= 4 is 35.0 Å². The number of amides is 2. The van der Waals surface area contributed by atoms with Gasteiger partial charge in [0.2, 0.25) is 11.8 Å². The Labute approximate surface area is 93.3 Å². The minimum Gasteiger partial charge on any atom is -0.335 e. The monoisotopic (exact) mass is 240 g/mol. The topological polar surface area (TPSA) is 58.2 Å². The molecule has 0 rings (SSSR count). The number of hydrogen-bond acceptors (Lipinski definition) is 2. The first kappa shape index (κ1) is 13.5. The van der Waals surface area contributed by atoms with E-state index in [1.165, 1.54) is 0 Å². The van der Waals surface area contributed by atoms with Crippen molar-refractivity contribution in [3.05, 3.63) is 0 Å². The minimum atomic E-state index is -0.424. The number of rotatable bonds is 5. The number of carbonyl (C=O) groups excluding carboxylic acids is 2. The van der Waals surface area contributed by atoms with Crippen LogP contribution in [0.25, 0.3) is 0 Å². The number of hydrogen-bond donors (Lipinski definition) is 2. The highest BCUT2D eigenvalue weighted by Gasteiger charge is 2.17. The van der Waals surface area contributed by atoms with E-state index in [2.05, 4.69) is 10.6 Å². The average molecular weight is 241 g/mol. The predicted octanol–water partition coefficient (Wildman–Crippen LogP) is 0.678. The van der Waals surface area contributed by atoms with Gasteiger partial charge < -0.3 is 10.6 Å². The Morgan fingerprint density at radius 3 is 1.64 bits per heavy atom. The third-order valence-electron chi connectivity index (χ3n) is 1.54. The number of nitrogens with one attached hydrogen (secondary N) is 2. The molecule has 4 nitrogen and oxygen atoms in total. The largest absolute Gasteiger partial charge is 0.335 e. The molecule has 0 unspecified atom stereocenters. The first-order valence-electron chi connectivity index (χ1n) is 4.22. The van der Waals surface area contributed by atoms with Crippen molar-refractivity contribution in [2.45, 2.75) is 20.0 Å². The van der Waals surface area contributed by atoms with E-state index < -0.39 is 6.17 Å². The third kappa shape index (κ3) is 5.29. The molecule has 0 bridgehead atoms. The lowest BCUT2D eigenvalue weighted by atomic mass is 10.1. The molecule has 0 aromatic rings. The Hall–Kier alpha value is -0.480. The summed E-state index contributed by atoms with van der Waals surface area (Å²) in [6, 6.07) is 0. The van der Waals surface area contributed by atoms with Crippen LogP contribution >= 0.6 is 23.2 Å². The van der Waals surface area contributed by atoms with Gasteiger partial charge in [0.1, 0.15) is 17.9 Å². The summed E-state index contributed by atoms with van der Waals surface area (Å²) in [5, 5.41) is 5.14. The SMILES string of the molecule is CC(C)C(NC(=O)CCl)NC(=O)CCl. The van der Waals surface area contributed by atoms with Gasteiger partial charge in [0.05, 0.1) is 0 Å². The Morgan fingerprint density at radius 1 is 1.07 bits per heavy atom. The summed E-state index contributed by atoms with van der Waals surface area (Å²) in [6.07, 6.45) is -0.424. The molecule has 0 aliphatic rings. The second kappa shape index (κ2) is 6.90. The lowest BCUT2D eigenvalue weighted by molar-refractivity contribution is -0.122. The molecule has 0 spiro atoms. The van der Waals surface area contributed by atoms with Crippen LogP contribution in [0.3, 0.4) is 0 Å². The zero-order valence-electron chi connectivity index (χ0n) is 8.14. The fraction of sp³-hybridized carbons (Fsp3) is 0.750. The number of carbonyl (C=O) groups is 2. The van der Waals surface area contributed by atoms with Crippen molar-refractivity contribution in [1.82, 2.24) is 10.6 Å². The summed E-state index contributed by atoms with van der Waals surface area (Å²) in [7, 11) is 0. The summed E-state index contributed by atoms with van der Waals surface area (Å²) in [5.41, 5.74) is 0. The second-order valence-electron chi connectivity index (χ2n) is 3.12. The summed E-state index contributed by atoms with van der Waals surface area (Å²) >= 11 is 10.6. The third-order valence-corrected chi connectivity index (χ3v) is 2.03. The molecule has 0 saturated heterocycles. The molecule has 0 heterocycles. The quantitative estimate of drug-likeness (QED) is 0.549. The Balaban J connectivity index is 4.16. The highest BCUT2D eigenvalue weighted by Crippen LogP contribution is 1.98. The van der Waals surface area contributed by atoms with Crippen molar-refractivity contribution in [3.63, 3.8) is 0 Å². The van der Waals surface area contributed by atoms with Crippen LogP contribution < -0.4 is 10.6 Å². The maximum Gasteiger partial charge on any atom is 0.236 e. The molecule has 6 heteroatoms. The van der Waals surface area contributed by atoms with Crippen LogP contribution in [-0.2, 0) is 9.59 Å². The number of halogens is 2. The van der Waals surface area contributed by atoms with Crippen LogP contribution in [0.4, 0.5) is 0 Å². The molecule has 82 valence electrons. The van der Waals surface area contributed by atoms with Gasteiger partial charge in [-0.3, -0.25) is 9.59 Å². The summed E-state index contributed by atoms with van der Waals surface area (Å²) in [5.74, 6) is -0.810. The van der Waals surface area contributed by atoms with Crippen LogP contribution in [0.1, 0.15) is 13.8 Å². The molecule has 0 radical (unpaired) electrons. The standard InChI is InChI=1S/C8H14Cl2N2O2/c1-5(2)8(11-6(13)3-9)12-7(14)4-10/h5,8H,3-4H2,1-2H3,(H,11,13)(H,12,14). The molecule has 0 aromatic carbocycles. The predicted molar refractivity (Wildman–Crippen MR) is 56.4 cm³/mol.